The molecule has 0 bridgehead atoms. The highest BCUT2D eigenvalue weighted by atomic mass is 16.5. The van der Waals surface area contributed by atoms with Crippen molar-refractivity contribution in [2.24, 2.45) is 0 Å². The SMILES string of the molecule is COCCn1c(C)cc(C)c(C(=O)Nc2ccc3[nH]ccc3c2)c1=O. The predicted molar refractivity (Wildman–Crippen MR) is 98.3 cm³/mol. The molecule has 0 aliphatic rings. The van der Waals surface area contributed by atoms with Gasteiger partial charge in [0.2, 0.25) is 0 Å². The molecule has 6 nitrogen and oxygen atoms in total. The molecule has 0 unspecified atom stereocenters. The molecule has 1 amide bonds. The molecule has 1 aromatic carbocycles. The van der Waals surface area contributed by atoms with Crippen LogP contribution in [0.3, 0.4) is 0 Å². The van der Waals surface area contributed by atoms with Crippen molar-refractivity contribution in [1.82, 2.24) is 9.55 Å². The van der Waals surface area contributed by atoms with Crippen LogP contribution in [0.1, 0.15) is 21.6 Å². The van der Waals surface area contributed by atoms with E-state index < -0.39 is 5.91 Å². The summed E-state index contributed by atoms with van der Waals surface area (Å²) >= 11 is 0. The Kier molecular flexibility index (Phi) is 4.72. The Morgan fingerprint density at radius 3 is 2.80 bits per heavy atom. The minimum absolute atomic E-state index is 0.163. The Labute approximate surface area is 145 Å². The lowest BCUT2D eigenvalue weighted by atomic mass is 10.1. The number of carbonyl (C=O) groups excluding carboxylic acids is 1. The van der Waals surface area contributed by atoms with Gasteiger partial charge in [-0.05, 0) is 49.7 Å². The van der Waals surface area contributed by atoms with E-state index in [-0.39, 0.29) is 11.1 Å². The minimum Gasteiger partial charge on any atom is -0.383 e. The maximum atomic E-state index is 12.8. The van der Waals surface area contributed by atoms with Gasteiger partial charge in [-0.1, -0.05) is 0 Å². The molecule has 6 heteroatoms. The molecule has 0 saturated carbocycles. The summed E-state index contributed by atoms with van der Waals surface area (Å²) in [4.78, 5) is 28.6. The molecule has 3 aromatic rings. The van der Waals surface area contributed by atoms with Crippen LogP contribution in [0.5, 0.6) is 0 Å². The highest BCUT2D eigenvalue weighted by Gasteiger charge is 2.18. The summed E-state index contributed by atoms with van der Waals surface area (Å²) in [6.45, 7) is 4.46. The summed E-state index contributed by atoms with van der Waals surface area (Å²) in [5.41, 5.74) is 2.98. The normalized spacial score (nSPS) is 11.0. The number of H-pyrrole nitrogens is 1. The van der Waals surface area contributed by atoms with Gasteiger partial charge in [0.15, 0.2) is 0 Å². The topological polar surface area (TPSA) is 76.1 Å². The standard InChI is InChI=1S/C19H21N3O3/c1-12-10-13(2)22(8-9-25-3)19(24)17(12)18(23)21-15-4-5-16-14(11-15)6-7-20-16/h4-7,10-11,20H,8-9H2,1-3H3,(H,21,23). The molecular weight excluding hydrogens is 318 g/mol. The van der Waals surface area contributed by atoms with Crippen molar-refractivity contribution in [1.29, 1.82) is 0 Å². The van der Waals surface area contributed by atoms with Crippen molar-refractivity contribution in [3.8, 4) is 0 Å². The van der Waals surface area contributed by atoms with Crippen LogP contribution in [-0.4, -0.2) is 29.2 Å². The first kappa shape index (κ1) is 17.0. The van der Waals surface area contributed by atoms with Crippen LogP contribution in [0.25, 0.3) is 10.9 Å². The van der Waals surface area contributed by atoms with Crippen LogP contribution in [0.15, 0.2) is 41.3 Å². The second-order valence-electron chi connectivity index (χ2n) is 6.03. The number of hydrogen-bond donors (Lipinski definition) is 2. The van der Waals surface area contributed by atoms with Gasteiger partial charge in [-0.25, -0.2) is 0 Å². The van der Waals surface area contributed by atoms with Crippen molar-refractivity contribution in [2.75, 3.05) is 19.0 Å². The van der Waals surface area contributed by atoms with E-state index in [0.717, 1.165) is 16.6 Å². The first-order valence-corrected chi connectivity index (χ1v) is 8.09. The molecule has 2 aromatic heterocycles. The van der Waals surface area contributed by atoms with E-state index in [1.54, 1.807) is 18.6 Å². The van der Waals surface area contributed by atoms with Crippen LogP contribution in [-0.2, 0) is 11.3 Å². The summed E-state index contributed by atoms with van der Waals surface area (Å²) in [6.07, 6.45) is 1.84. The van der Waals surface area contributed by atoms with Gasteiger partial charge >= 0.3 is 0 Å². The fourth-order valence-corrected chi connectivity index (χ4v) is 2.99. The van der Waals surface area contributed by atoms with Crippen molar-refractivity contribution >= 4 is 22.5 Å². The van der Waals surface area contributed by atoms with E-state index in [1.807, 2.05) is 43.5 Å². The summed E-state index contributed by atoms with van der Waals surface area (Å²) < 4.78 is 6.62. The van der Waals surface area contributed by atoms with Gasteiger partial charge in [0.25, 0.3) is 11.5 Å². The molecule has 130 valence electrons. The molecule has 0 fully saturated rings. The van der Waals surface area contributed by atoms with Gasteiger partial charge in [-0.3, -0.25) is 9.59 Å². The van der Waals surface area contributed by atoms with E-state index in [2.05, 4.69) is 10.3 Å². The van der Waals surface area contributed by atoms with Gasteiger partial charge < -0.3 is 19.6 Å². The van der Waals surface area contributed by atoms with Crippen LogP contribution >= 0.6 is 0 Å². The predicted octanol–water partition coefficient (Wildman–Crippen LogP) is 2.85. The van der Waals surface area contributed by atoms with Gasteiger partial charge in [0.1, 0.15) is 5.56 Å². The largest absolute Gasteiger partial charge is 0.383 e. The number of benzene rings is 1. The Morgan fingerprint density at radius 2 is 2.04 bits per heavy atom. The highest BCUT2D eigenvalue weighted by molar-refractivity contribution is 6.05. The fraction of sp³-hybridized carbons (Fsp3) is 0.263. The Hall–Kier alpha value is -2.86. The van der Waals surface area contributed by atoms with Gasteiger partial charge in [0.05, 0.1) is 6.61 Å². The third-order valence-corrected chi connectivity index (χ3v) is 4.26. The average molecular weight is 339 g/mol. The van der Waals surface area contributed by atoms with Crippen LogP contribution in [0.4, 0.5) is 5.69 Å². The zero-order valence-corrected chi connectivity index (χ0v) is 14.6. The maximum absolute atomic E-state index is 12.8. The summed E-state index contributed by atoms with van der Waals surface area (Å²) in [7, 11) is 1.58. The maximum Gasteiger partial charge on any atom is 0.263 e. The number of hydrogen-bond acceptors (Lipinski definition) is 3. The molecule has 2 N–H and O–H groups in total. The first-order chi connectivity index (χ1) is 12.0. The minimum atomic E-state index is -0.399. The van der Waals surface area contributed by atoms with Gasteiger partial charge in [-0.2, -0.15) is 0 Å². The van der Waals surface area contributed by atoms with E-state index in [4.69, 9.17) is 4.74 Å². The van der Waals surface area contributed by atoms with Crippen molar-refractivity contribution in [3.05, 3.63) is 63.7 Å². The molecule has 3 rings (SSSR count). The Morgan fingerprint density at radius 1 is 1.24 bits per heavy atom. The number of aromatic amines is 1. The molecule has 0 atom stereocenters. The lowest BCUT2D eigenvalue weighted by molar-refractivity contribution is 0.102. The van der Waals surface area contributed by atoms with E-state index >= 15 is 0 Å². The zero-order valence-electron chi connectivity index (χ0n) is 14.6. The number of fused-ring (bicyclic) bond motifs is 1. The number of amides is 1. The molecule has 0 aliphatic heterocycles. The smallest absolute Gasteiger partial charge is 0.263 e. The molecule has 0 spiro atoms. The Bertz CT molecular complexity index is 985. The van der Waals surface area contributed by atoms with E-state index in [0.29, 0.717) is 24.4 Å². The summed E-state index contributed by atoms with van der Waals surface area (Å²) in [5.74, 6) is -0.399. The number of pyridine rings is 1. The lowest BCUT2D eigenvalue weighted by Gasteiger charge is -2.14. The van der Waals surface area contributed by atoms with Crippen molar-refractivity contribution in [2.45, 2.75) is 20.4 Å². The molecule has 0 saturated heterocycles. The van der Waals surface area contributed by atoms with Crippen molar-refractivity contribution in [3.63, 3.8) is 0 Å². The third-order valence-electron chi connectivity index (χ3n) is 4.26. The highest BCUT2D eigenvalue weighted by Crippen LogP contribution is 2.18. The number of aromatic nitrogens is 2. The number of carbonyl (C=O) groups is 1. The lowest BCUT2D eigenvalue weighted by Crippen LogP contribution is -2.32. The average Bonchev–Trinajstić information content (AvgIpc) is 3.02. The van der Waals surface area contributed by atoms with Gasteiger partial charge in [-0.15, -0.1) is 0 Å². The van der Waals surface area contributed by atoms with Crippen LogP contribution in [0, 0.1) is 13.8 Å². The number of rotatable bonds is 5. The third kappa shape index (κ3) is 3.34. The van der Waals surface area contributed by atoms with Crippen LogP contribution < -0.4 is 10.9 Å². The molecule has 2 heterocycles. The quantitative estimate of drug-likeness (QED) is 0.750. The number of nitrogens with zero attached hydrogens (tertiary/aromatic N) is 1. The summed E-state index contributed by atoms with van der Waals surface area (Å²) in [5, 5.41) is 3.82. The number of aryl methyl sites for hydroxylation is 2. The zero-order chi connectivity index (χ0) is 18.0. The summed E-state index contributed by atoms with van der Waals surface area (Å²) in [6, 6.07) is 9.35. The fourth-order valence-electron chi connectivity index (χ4n) is 2.99. The molecule has 0 radical (unpaired) electrons. The second kappa shape index (κ2) is 6.94. The van der Waals surface area contributed by atoms with E-state index in [9.17, 15) is 9.59 Å². The number of nitrogens with one attached hydrogen (secondary N) is 2. The number of anilines is 1. The van der Waals surface area contributed by atoms with Crippen molar-refractivity contribution < 1.29 is 9.53 Å². The molecular formula is C19H21N3O3. The number of methoxy groups -OCH3 is 1. The van der Waals surface area contributed by atoms with Crippen LogP contribution in [0.2, 0.25) is 0 Å². The monoisotopic (exact) mass is 339 g/mol. The second-order valence-corrected chi connectivity index (χ2v) is 6.03. The van der Waals surface area contributed by atoms with Gasteiger partial charge in [0, 0.05) is 42.1 Å². The first-order valence-electron chi connectivity index (χ1n) is 8.09. The number of ether oxygens (including phenoxy) is 1. The van der Waals surface area contributed by atoms with E-state index in [1.165, 1.54) is 0 Å². The molecule has 0 aliphatic carbocycles. The Balaban J connectivity index is 1.94. The molecule has 25 heavy (non-hydrogen) atoms.